The van der Waals surface area contributed by atoms with Gasteiger partial charge in [0, 0.05) is 17.7 Å². The zero-order chi connectivity index (χ0) is 18.8. The molecule has 0 atom stereocenters. The molecule has 1 aliphatic rings. The maximum absolute atomic E-state index is 13.0. The predicted octanol–water partition coefficient (Wildman–Crippen LogP) is 3.70. The Kier molecular flexibility index (Phi) is 4.55. The van der Waals surface area contributed by atoms with E-state index in [1.807, 2.05) is 6.07 Å². The zero-order valence-electron chi connectivity index (χ0n) is 14.2. The maximum Gasteiger partial charge on any atom is 0.271 e. The lowest BCUT2D eigenvalue weighted by atomic mass is 9.95. The number of halogens is 1. The van der Waals surface area contributed by atoms with Gasteiger partial charge in [0.05, 0.1) is 0 Å². The minimum Gasteiger partial charge on any atom is -0.457 e. The molecular weight excluding hydrogens is 335 g/mol. The number of nitriles is 1. The van der Waals surface area contributed by atoms with Gasteiger partial charge in [0.25, 0.3) is 11.8 Å². The molecule has 26 heavy (non-hydrogen) atoms. The molecule has 0 N–H and O–H groups in total. The van der Waals surface area contributed by atoms with Crippen molar-refractivity contribution in [1.29, 1.82) is 5.26 Å². The summed E-state index contributed by atoms with van der Waals surface area (Å²) >= 11 is 0. The van der Waals surface area contributed by atoms with Crippen LogP contribution in [0.25, 0.3) is 17.4 Å². The summed E-state index contributed by atoms with van der Waals surface area (Å²) in [7, 11) is 0. The van der Waals surface area contributed by atoms with Crippen molar-refractivity contribution in [2.75, 3.05) is 6.54 Å². The minimum absolute atomic E-state index is 0.0528. The highest BCUT2D eigenvalue weighted by Gasteiger charge is 2.34. The van der Waals surface area contributed by atoms with Crippen LogP contribution in [0, 0.1) is 17.1 Å². The van der Waals surface area contributed by atoms with Crippen molar-refractivity contribution in [3.05, 3.63) is 64.7 Å². The lowest BCUT2D eigenvalue weighted by molar-refractivity contribution is -0.140. The van der Waals surface area contributed by atoms with Crippen LogP contribution in [0.1, 0.15) is 19.6 Å². The summed E-state index contributed by atoms with van der Waals surface area (Å²) in [4.78, 5) is 25.8. The summed E-state index contributed by atoms with van der Waals surface area (Å²) in [6.07, 6.45) is 1.51. The lowest BCUT2D eigenvalue weighted by Crippen LogP contribution is -2.42. The number of carbonyl (C=O) groups is 2. The van der Waals surface area contributed by atoms with E-state index in [4.69, 9.17) is 4.42 Å². The first kappa shape index (κ1) is 17.4. The van der Waals surface area contributed by atoms with E-state index in [9.17, 15) is 19.2 Å². The maximum atomic E-state index is 13.0. The molecule has 0 bridgehead atoms. The van der Waals surface area contributed by atoms with Gasteiger partial charge in [-0.25, -0.2) is 4.39 Å². The van der Waals surface area contributed by atoms with Crippen LogP contribution in [0.3, 0.4) is 0 Å². The number of likely N-dealkylation sites (N-methyl/N-ethyl adjacent to an activating group) is 1. The third-order valence-electron chi connectivity index (χ3n) is 4.18. The molecule has 0 fully saturated rings. The van der Waals surface area contributed by atoms with E-state index in [-0.39, 0.29) is 23.5 Å². The Hall–Kier alpha value is -3.46. The number of amides is 2. The summed E-state index contributed by atoms with van der Waals surface area (Å²) in [5.74, 6) is -0.472. The predicted molar refractivity (Wildman–Crippen MR) is 92.8 cm³/mol. The zero-order valence-corrected chi connectivity index (χ0v) is 14.2. The van der Waals surface area contributed by atoms with Gasteiger partial charge in [-0.1, -0.05) is 0 Å². The molecule has 0 aliphatic carbocycles. The molecule has 0 saturated heterocycles. The standard InChI is InChI=1S/C20H15FN2O3/c1-3-23-19(24)16(12(2)17(11-22)20(23)25)10-15-8-9-18(26-15)13-4-6-14(21)7-5-13/h4-10H,3H2,1-2H3. The summed E-state index contributed by atoms with van der Waals surface area (Å²) in [6.45, 7) is 3.41. The molecular formula is C20H15FN2O3. The van der Waals surface area contributed by atoms with Crippen LogP contribution in [0.15, 0.2) is 57.5 Å². The van der Waals surface area contributed by atoms with Gasteiger partial charge in [0.2, 0.25) is 0 Å². The Labute approximate surface area is 149 Å². The topological polar surface area (TPSA) is 74.3 Å². The number of hydrogen-bond acceptors (Lipinski definition) is 4. The lowest BCUT2D eigenvalue weighted by Gasteiger charge is -2.25. The van der Waals surface area contributed by atoms with Crippen LogP contribution >= 0.6 is 0 Å². The molecule has 2 heterocycles. The first-order chi connectivity index (χ1) is 12.5. The first-order valence-electron chi connectivity index (χ1n) is 8.01. The number of benzene rings is 1. The van der Waals surface area contributed by atoms with Crippen LogP contribution < -0.4 is 0 Å². The number of furan rings is 1. The van der Waals surface area contributed by atoms with E-state index in [2.05, 4.69) is 0 Å². The van der Waals surface area contributed by atoms with Gasteiger partial charge in [0.1, 0.15) is 29.0 Å². The number of rotatable bonds is 3. The molecule has 0 saturated carbocycles. The van der Waals surface area contributed by atoms with Gasteiger partial charge in [-0.05, 0) is 61.9 Å². The van der Waals surface area contributed by atoms with Crippen molar-refractivity contribution in [1.82, 2.24) is 4.90 Å². The van der Waals surface area contributed by atoms with Crippen molar-refractivity contribution in [2.45, 2.75) is 13.8 Å². The molecule has 0 radical (unpaired) electrons. The smallest absolute Gasteiger partial charge is 0.271 e. The Bertz CT molecular complexity index is 991. The largest absolute Gasteiger partial charge is 0.457 e. The quantitative estimate of drug-likeness (QED) is 0.625. The first-order valence-corrected chi connectivity index (χ1v) is 8.01. The monoisotopic (exact) mass is 350 g/mol. The SMILES string of the molecule is CCN1C(=O)C(=Cc2ccc(-c3ccc(F)cc3)o2)C(C)=C(C#N)C1=O. The third-order valence-corrected chi connectivity index (χ3v) is 4.18. The highest BCUT2D eigenvalue weighted by atomic mass is 19.1. The van der Waals surface area contributed by atoms with Crippen molar-refractivity contribution in [3.63, 3.8) is 0 Å². The molecule has 1 aromatic carbocycles. The van der Waals surface area contributed by atoms with Crippen LogP contribution in [-0.4, -0.2) is 23.3 Å². The van der Waals surface area contributed by atoms with Crippen molar-refractivity contribution in [3.8, 4) is 17.4 Å². The average Bonchev–Trinajstić information content (AvgIpc) is 3.09. The van der Waals surface area contributed by atoms with Crippen LogP contribution in [-0.2, 0) is 9.59 Å². The van der Waals surface area contributed by atoms with Crippen molar-refractivity contribution < 1.29 is 18.4 Å². The molecule has 2 aromatic rings. The van der Waals surface area contributed by atoms with E-state index < -0.39 is 11.8 Å². The Morgan fingerprint density at radius 1 is 1.15 bits per heavy atom. The Morgan fingerprint density at radius 2 is 1.85 bits per heavy atom. The van der Waals surface area contributed by atoms with Gasteiger partial charge in [0.15, 0.2) is 0 Å². The normalized spacial score (nSPS) is 16.4. The number of hydrogen-bond donors (Lipinski definition) is 0. The summed E-state index contributed by atoms with van der Waals surface area (Å²) in [6, 6.07) is 11.1. The Morgan fingerprint density at radius 3 is 2.46 bits per heavy atom. The number of imide groups is 1. The molecule has 0 spiro atoms. The van der Waals surface area contributed by atoms with Gasteiger partial charge < -0.3 is 4.42 Å². The molecule has 130 valence electrons. The molecule has 3 rings (SSSR count). The van der Waals surface area contributed by atoms with Gasteiger partial charge in [-0.15, -0.1) is 0 Å². The summed E-state index contributed by atoms with van der Waals surface area (Å²) in [5.41, 5.74) is 1.21. The summed E-state index contributed by atoms with van der Waals surface area (Å²) in [5, 5.41) is 9.24. The second-order valence-corrected chi connectivity index (χ2v) is 5.73. The minimum atomic E-state index is -0.582. The molecule has 0 unspecified atom stereocenters. The second-order valence-electron chi connectivity index (χ2n) is 5.73. The molecule has 1 aliphatic heterocycles. The second kappa shape index (κ2) is 6.81. The van der Waals surface area contributed by atoms with Crippen LogP contribution in [0.5, 0.6) is 0 Å². The van der Waals surface area contributed by atoms with E-state index in [1.165, 1.54) is 18.2 Å². The van der Waals surface area contributed by atoms with E-state index in [0.29, 0.717) is 22.7 Å². The number of carbonyl (C=O) groups excluding carboxylic acids is 2. The van der Waals surface area contributed by atoms with Gasteiger partial charge in [-0.3, -0.25) is 14.5 Å². The van der Waals surface area contributed by atoms with Gasteiger partial charge in [-0.2, -0.15) is 5.26 Å². The van der Waals surface area contributed by atoms with E-state index in [0.717, 1.165) is 4.90 Å². The highest BCUT2D eigenvalue weighted by molar-refractivity contribution is 6.19. The molecule has 6 heteroatoms. The van der Waals surface area contributed by atoms with Crippen LogP contribution in [0.4, 0.5) is 4.39 Å². The molecule has 5 nitrogen and oxygen atoms in total. The third kappa shape index (κ3) is 2.95. The summed E-state index contributed by atoms with van der Waals surface area (Å²) < 4.78 is 18.7. The molecule has 1 aromatic heterocycles. The molecule has 2 amide bonds. The number of nitrogens with zero attached hydrogens (tertiary/aromatic N) is 2. The van der Waals surface area contributed by atoms with E-state index >= 15 is 0 Å². The van der Waals surface area contributed by atoms with Crippen LogP contribution in [0.2, 0.25) is 0 Å². The van der Waals surface area contributed by atoms with Crippen molar-refractivity contribution >= 4 is 17.9 Å². The fourth-order valence-electron chi connectivity index (χ4n) is 2.76. The Balaban J connectivity index is 2.02. The highest BCUT2D eigenvalue weighted by Crippen LogP contribution is 2.29. The van der Waals surface area contributed by atoms with Crippen molar-refractivity contribution in [2.24, 2.45) is 0 Å². The fourth-order valence-corrected chi connectivity index (χ4v) is 2.76. The van der Waals surface area contributed by atoms with Gasteiger partial charge >= 0.3 is 0 Å². The fraction of sp³-hybridized carbons (Fsp3) is 0.150. The average molecular weight is 350 g/mol. The van der Waals surface area contributed by atoms with E-state index in [1.54, 1.807) is 38.1 Å².